The van der Waals surface area contributed by atoms with Crippen molar-refractivity contribution >= 4 is 33.4 Å². The zero-order valence-electron chi connectivity index (χ0n) is 12.0. The lowest BCUT2D eigenvalue weighted by Crippen LogP contribution is -2.18. The second-order valence-corrected chi connectivity index (χ2v) is 6.63. The van der Waals surface area contributed by atoms with E-state index >= 15 is 0 Å². The molecule has 0 spiro atoms. The molecule has 0 bridgehead atoms. The van der Waals surface area contributed by atoms with Crippen LogP contribution in [0.2, 0.25) is 5.02 Å². The molecule has 0 fully saturated rings. The van der Waals surface area contributed by atoms with Gasteiger partial charge in [-0.05, 0) is 31.5 Å². The minimum absolute atomic E-state index is 0.688. The van der Waals surface area contributed by atoms with Crippen LogP contribution in [0.25, 0.3) is 10.8 Å². The fourth-order valence-electron chi connectivity index (χ4n) is 2.27. The van der Waals surface area contributed by atoms with Crippen molar-refractivity contribution in [2.75, 3.05) is 13.1 Å². The summed E-state index contributed by atoms with van der Waals surface area (Å²) in [5, 5.41) is 2.57. The number of fused-ring (bicyclic) bond motifs is 1. The lowest BCUT2D eigenvalue weighted by molar-refractivity contribution is 0.630. The molecular formula is C16H21ClN2OS. The van der Waals surface area contributed by atoms with Gasteiger partial charge in [0.25, 0.3) is 0 Å². The molecule has 3 nitrogen and oxygen atoms in total. The van der Waals surface area contributed by atoms with Crippen LogP contribution < -0.4 is 10.5 Å². The molecule has 0 aliphatic heterocycles. The molecule has 0 aliphatic rings. The average molecular weight is 325 g/mol. The van der Waals surface area contributed by atoms with Crippen LogP contribution in [0.4, 0.5) is 0 Å². The Morgan fingerprint density at radius 3 is 2.52 bits per heavy atom. The van der Waals surface area contributed by atoms with Gasteiger partial charge in [-0.1, -0.05) is 48.7 Å². The highest BCUT2D eigenvalue weighted by Crippen LogP contribution is 2.27. The topological polar surface area (TPSA) is 55.1 Å². The van der Waals surface area contributed by atoms with Gasteiger partial charge in [0.1, 0.15) is 11.0 Å². The number of nitrogens with two attached hydrogens (primary N) is 1. The Kier molecular flexibility index (Phi) is 6.64. The van der Waals surface area contributed by atoms with Crippen molar-refractivity contribution in [2.24, 2.45) is 5.73 Å². The van der Waals surface area contributed by atoms with E-state index in [-0.39, 0.29) is 0 Å². The molecule has 21 heavy (non-hydrogen) atoms. The van der Waals surface area contributed by atoms with Crippen LogP contribution in [-0.2, 0) is 11.0 Å². The summed E-state index contributed by atoms with van der Waals surface area (Å²) < 4.78 is 15.5. The fourth-order valence-corrected chi connectivity index (χ4v) is 3.57. The molecule has 5 heteroatoms. The average Bonchev–Trinajstić information content (AvgIpc) is 2.50. The van der Waals surface area contributed by atoms with Crippen LogP contribution in [0.1, 0.15) is 25.7 Å². The molecule has 2 aromatic carbocycles. The summed E-state index contributed by atoms with van der Waals surface area (Å²) in [7, 11) is -1.21. The molecule has 0 radical (unpaired) electrons. The van der Waals surface area contributed by atoms with Crippen molar-refractivity contribution in [3.05, 3.63) is 41.4 Å². The monoisotopic (exact) mass is 324 g/mol. The van der Waals surface area contributed by atoms with E-state index < -0.39 is 11.0 Å². The van der Waals surface area contributed by atoms with Gasteiger partial charge in [-0.25, -0.2) is 8.93 Å². The molecule has 2 rings (SSSR count). The number of nitrogens with one attached hydrogen (secondary N) is 1. The lowest BCUT2D eigenvalue weighted by atomic mass is 10.1. The quantitative estimate of drug-likeness (QED) is 0.729. The summed E-state index contributed by atoms with van der Waals surface area (Å²) in [6.45, 7) is 1.49. The number of hydrogen-bond donors (Lipinski definition) is 2. The molecule has 0 aliphatic carbocycles. The normalized spacial score (nSPS) is 12.7. The van der Waals surface area contributed by atoms with E-state index in [1.807, 2.05) is 36.4 Å². The van der Waals surface area contributed by atoms with Gasteiger partial charge in [0.15, 0.2) is 0 Å². The molecule has 0 saturated heterocycles. The van der Waals surface area contributed by atoms with Gasteiger partial charge in [0.2, 0.25) is 0 Å². The zero-order chi connectivity index (χ0) is 15.1. The van der Waals surface area contributed by atoms with Crippen molar-refractivity contribution in [3.8, 4) is 0 Å². The molecule has 1 atom stereocenters. The van der Waals surface area contributed by atoms with Crippen molar-refractivity contribution in [2.45, 2.75) is 30.6 Å². The summed E-state index contributed by atoms with van der Waals surface area (Å²) in [5.41, 5.74) is 5.46. The first-order chi connectivity index (χ1) is 10.2. The predicted molar refractivity (Wildman–Crippen MR) is 90.9 cm³/mol. The minimum Gasteiger partial charge on any atom is -0.330 e. The van der Waals surface area contributed by atoms with Crippen molar-refractivity contribution in [3.63, 3.8) is 0 Å². The second kappa shape index (κ2) is 8.49. The van der Waals surface area contributed by atoms with E-state index in [4.69, 9.17) is 17.3 Å². The van der Waals surface area contributed by atoms with Crippen LogP contribution in [0, 0.1) is 0 Å². The summed E-state index contributed by atoms with van der Waals surface area (Å²) in [6, 6.07) is 11.4. The maximum absolute atomic E-state index is 12.4. The molecular weight excluding hydrogens is 304 g/mol. The largest absolute Gasteiger partial charge is 0.330 e. The van der Waals surface area contributed by atoms with Gasteiger partial charge in [-0.3, -0.25) is 0 Å². The van der Waals surface area contributed by atoms with Gasteiger partial charge in [-0.2, -0.15) is 0 Å². The molecule has 3 N–H and O–H groups in total. The van der Waals surface area contributed by atoms with Crippen LogP contribution in [-0.4, -0.2) is 17.3 Å². The molecule has 1 unspecified atom stereocenters. The van der Waals surface area contributed by atoms with Gasteiger partial charge < -0.3 is 5.73 Å². The number of halogens is 1. The smallest absolute Gasteiger partial charge is 0.125 e. The molecule has 0 saturated carbocycles. The van der Waals surface area contributed by atoms with E-state index in [0.29, 0.717) is 5.02 Å². The van der Waals surface area contributed by atoms with Crippen LogP contribution in [0.3, 0.4) is 0 Å². The minimum atomic E-state index is -1.21. The van der Waals surface area contributed by atoms with Gasteiger partial charge >= 0.3 is 0 Å². The predicted octanol–water partition coefficient (Wildman–Crippen LogP) is 3.62. The van der Waals surface area contributed by atoms with E-state index in [9.17, 15) is 4.21 Å². The van der Waals surface area contributed by atoms with E-state index in [2.05, 4.69) is 4.72 Å². The number of unbranched alkanes of at least 4 members (excludes halogenated alkanes) is 3. The highest BCUT2D eigenvalue weighted by atomic mass is 35.5. The van der Waals surface area contributed by atoms with Crippen LogP contribution >= 0.6 is 11.6 Å². The van der Waals surface area contributed by atoms with Crippen molar-refractivity contribution in [1.29, 1.82) is 0 Å². The summed E-state index contributed by atoms with van der Waals surface area (Å²) in [4.78, 5) is 0.789. The Bertz CT molecular complexity index is 618. The van der Waals surface area contributed by atoms with Gasteiger partial charge in [0.05, 0.1) is 4.90 Å². The first kappa shape index (κ1) is 16.4. The first-order valence-corrected chi connectivity index (χ1v) is 8.79. The number of rotatable bonds is 8. The third-order valence-electron chi connectivity index (χ3n) is 3.39. The van der Waals surface area contributed by atoms with Gasteiger partial charge in [0, 0.05) is 22.3 Å². The first-order valence-electron chi connectivity index (χ1n) is 7.26. The SMILES string of the molecule is NCCCCCCNS(=O)c1cccc2c(Cl)cccc12. The Morgan fingerprint density at radius 1 is 1.00 bits per heavy atom. The second-order valence-electron chi connectivity index (χ2n) is 4.96. The van der Waals surface area contributed by atoms with E-state index in [1.54, 1.807) is 0 Å². The highest BCUT2D eigenvalue weighted by Gasteiger charge is 2.09. The third kappa shape index (κ3) is 4.51. The Balaban J connectivity index is 1.98. The molecule has 0 heterocycles. The number of hydrogen-bond acceptors (Lipinski definition) is 2. The third-order valence-corrected chi connectivity index (χ3v) is 4.94. The Hall–Kier alpha value is -0.940. The zero-order valence-corrected chi connectivity index (χ0v) is 13.6. The fraction of sp³-hybridized carbons (Fsp3) is 0.375. The molecule has 114 valence electrons. The lowest BCUT2D eigenvalue weighted by Gasteiger charge is -2.08. The Morgan fingerprint density at radius 2 is 1.71 bits per heavy atom. The highest BCUT2D eigenvalue weighted by molar-refractivity contribution is 7.83. The van der Waals surface area contributed by atoms with Crippen molar-refractivity contribution < 1.29 is 4.21 Å². The van der Waals surface area contributed by atoms with E-state index in [1.165, 1.54) is 0 Å². The van der Waals surface area contributed by atoms with Crippen LogP contribution in [0.5, 0.6) is 0 Å². The molecule has 0 amide bonds. The Labute approximate surface area is 133 Å². The van der Waals surface area contributed by atoms with Gasteiger partial charge in [-0.15, -0.1) is 0 Å². The van der Waals surface area contributed by atoms with E-state index in [0.717, 1.165) is 54.4 Å². The number of benzene rings is 2. The van der Waals surface area contributed by atoms with Crippen LogP contribution in [0.15, 0.2) is 41.3 Å². The summed E-state index contributed by atoms with van der Waals surface area (Å²) in [5.74, 6) is 0. The summed E-state index contributed by atoms with van der Waals surface area (Å²) in [6.07, 6.45) is 4.32. The maximum Gasteiger partial charge on any atom is 0.125 e. The van der Waals surface area contributed by atoms with Crippen molar-refractivity contribution in [1.82, 2.24) is 4.72 Å². The standard InChI is InChI=1S/C16H21ClN2OS/c17-15-9-5-8-14-13(15)7-6-10-16(14)21(20)19-12-4-2-1-3-11-18/h5-10,19H,1-4,11-12,18H2. The molecule has 0 aromatic heterocycles. The molecule has 2 aromatic rings. The summed E-state index contributed by atoms with van der Waals surface area (Å²) >= 11 is 6.18. The maximum atomic E-state index is 12.4.